The normalized spacial score (nSPS) is 12.0. The lowest BCUT2D eigenvalue weighted by atomic mass is 9.94. The van der Waals surface area contributed by atoms with Gasteiger partial charge in [0.15, 0.2) is 0 Å². The Morgan fingerprint density at radius 3 is 1.81 bits per heavy atom. The zero-order valence-electron chi connectivity index (χ0n) is 30.8. The van der Waals surface area contributed by atoms with Gasteiger partial charge in [0.1, 0.15) is 0 Å². The molecule has 6 aromatic rings. The number of likely N-dealkylation sites (N-methyl/N-ethyl adjacent to an activating group) is 1. The molecule has 0 amide bonds. The largest absolute Gasteiger partial charge is 0.399 e. The predicted octanol–water partition coefficient (Wildman–Crippen LogP) is 11.3. The van der Waals surface area contributed by atoms with Gasteiger partial charge in [-0.25, -0.2) is 4.98 Å². The molecule has 5 aromatic carbocycles. The van der Waals surface area contributed by atoms with Crippen LogP contribution >= 0.6 is 0 Å². The molecule has 0 aliphatic rings. The third-order valence-corrected chi connectivity index (χ3v) is 9.08. The van der Waals surface area contributed by atoms with Gasteiger partial charge in [-0.1, -0.05) is 110 Å². The van der Waals surface area contributed by atoms with Gasteiger partial charge in [0.05, 0.1) is 11.4 Å². The molecule has 0 saturated heterocycles. The highest BCUT2D eigenvalue weighted by molar-refractivity contribution is 5.85. The lowest BCUT2D eigenvalue weighted by Gasteiger charge is -2.14. The summed E-state index contributed by atoms with van der Waals surface area (Å²) >= 11 is 0. The highest BCUT2D eigenvalue weighted by Gasteiger charge is 2.13. The number of nitrogens with zero attached hydrogens (tertiary/aromatic N) is 1. The van der Waals surface area contributed by atoms with Gasteiger partial charge in [0.25, 0.3) is 0 Å². The number of allylic oxidation sites excluding steroid dienone is 7. The number of anilines is 2. The van der Waals surface area contributed by atoms with E-state index < -0.39 is 0 Å². The van der Waals surface area contributed by atoms with Crippen molar-refractivity contribution >= 4 is 23.0 Å². The standard InChI is InChI=1S/C49H45N5/c1-5-35(22-33(3)53-4)38-19-13-20-39(24-38)41-26-44(30-47(52)28-41)49-32-42(36-16-8-7-9-17-36)31-48(54-49)43-25-40(27-46(51)29-43)37-18-12-15-34(23-37)14-10-11-21-45(50)6-2/h5-32,53H,1,3,50-52H2,2,4H3/b14-10+,21-11-,35-22+,45-6+. The minimum atomic E-state index is 0.644. The number of aromatic nitrogens is 1. The average molecular weight is 704 g/mol. The predicted molar refractivity (Wildman–Crippen MR) is 233 cm³/mol. The maximum atomic E-state index is 6.61. The molecule has 0 radical (unpaired) electrons. The minimum absolute atomic E-state index is 0.644. The molecule has 0 spiro atoms. The molecule has 7 N–H and O–H groups in total. The first-order chi connectivity index (χ1) is 26.2. The summed E-state index contributed by atoms with van der Waals surface area (Å²) < 4.78 is 0. The Labute approximate surface area is 318 Å². The Morgan fingerprint density at radius 1 is 0.630 bits per heavy atom. The Kier molecular flexibility index (Phi) is 11.5. The van der Waals surface area contributed by atoms with Gasteiger partial charge in [-0.3, -0.25) is 0 Å². The molecule has 266 valence electrons. The monoisotopic (exact) mass is 703 g/mol. The van der Waals surface area contributed by atoms with E-state index in [1.54, 1.807) is 0 Å². The topological polar surface area (TPSA) is 103 Å². The van der Waals surface area contributed by atoms with Crippen LogP contribution in [0.1, 0.15) is 18.1 Å². The maximum absolute atomic E-state index is 6.61. The lowest BCUT2D eigenvalue weighted by Crippen LogP contribution is -2.01. The molecule has 0 aliphatic carbocycles. The van der Waals surface area contributed by atoms with E-state index in [1.807, 2.05) is 99.0 Å². The minimum Gasteiger partial charge on any atom is -0.399 e. The van der Waals surface area contributed by atoms with Gasteiger partial charge in [-0.05, 0) is 130 Å². The first-order valence-corrected chi connectivity index (χ1v) is 17.8. The van der Waals surface area contributed by atoms with E-state index >= 15 is 0 Å². The van der Waals surface area contributed by atoms with E-state index in [0.717, 1.165) is 84.0 Å². The van der Waals surface area contributed by atoms with Crippen LogP contribution in [0.3, 0.4) is 0 Å². The van der Waals surface area contributed by atoms with Crippen LogP contribution in [0.2, 0.25) is 0 Å². The zero-order valence-corrected chi connectivity index (χ0v) is 30.8. The van der Waals surface area contributed by atoms with Crippen molar-refractivity contribution < 1.29 is 0 Å². The number of nitrogens with two attached hydrogens (primary N) is 3. The van der Waals surface area contributed by atoms with E-state index in [0.29, 0.717) is 11.4 Å². The van der Waals surface area contributed by atoms with Crippen LogP contribution in [0.5, 0.6) is 0 Å². The summed E-state index contributed by atoms with van der Waals surface area (Å²) in [5.41, 5.74) is 34.6. The number of hydrogen-bond acceptors (Lipinski definition) is 5. The van der Waals surface area contributed by atoms with Crippen molar-refractivity contribution in [1.29, 1.82) is 0 Å². The summed E-state index contributed by atoms with van der Waals surface area (Å²) in [7, 11) is 1.85. The summed E-state index contributed by atoms with van der Waals surface area (Å²) in [6.45, 7) is 10.0. The maximum Gasteiger partial charge on any atom is 0.0716 e. The van der Waals surface area contributed by atoms with E-state index in [9.17, 15) is 0 Å². The SMILES string of the molecule is C=C/C(=C\C(=C)NC)c1cccc(-c2cc(N)cc(-c3cc(-c4ccccc4)cc(-c4cc(N)cc(-c5cccc(/C=C/C=C\C(N)=C/C)c5)c4)n3)c2)c1. The van der Waals surface area contributed by atoms with Crippen LogP contribution in [0, 0.1) is 0 Å². The fourth-order valence-electron chi connectivity index (χ4n) is 6.21. The number of hydrogen-bond donors (Lipinski definition) is 4. The molecule has 5 heteroatoms. The summed E-state index contributed by atoms with van der Waals surface area (Å²) in [6.07, 6.45) is 13.5. The second kappa shape index (κ2) is 16.9. The van der Waals surface area contributed by atoms with Crippen molar-refractivity contribution in [2.24, 2.45) is 5.73 Å². The van der Waals surface area contributed by atoms with Crippen molar-refractivity contribution in [2.45, 2.75) is 6.92 Å². The van der Waals surface area contributed by atoms with Crippen molar-refractivity contribution in [1.82, 2.24) is 10.3 Å². The first kappa shape index (κ1) is 36.7. The van der Waals surface area contributed by atoms with Gasteiger partial charge in [-0.15, -0.1) is 0 Å². The fourth-order valence-corrected chi connectivity index (χ4v) is 6.21. The smallest absolute Gasteiger partial charge is 0.0716 e. The second-order valence-electron chi connectivity index (χ2n) is 13.0. The molecular formula is C49H45N5. The Bertz CT molecular complexity index is 2450. The first-order valence-electron chi connectivity index (χ1n) is 17.8. The quantitative estimate of drug-likeness (QED) is 0.0750. The highest BCUT2D eigenvalue weighted by Crippen LogP contribution is 2.36. The van der Waals surface area contributed by atoms with E-state index in [2.05, 4.69) is 103 Å². The van der Waals surface area contributed by atoms with Crippen LogP contribution in [0.15, 0.2) is 188 Å². The van der Waals surface area contributed by atoms with Crippen LogP contribution in [-0.2, 0) is 0 Å². The number of nitrogens with one attached hydrogen (secondary N) is 1. The van der Waals surface area contributed by atoms with Crippen molar-refractivity contribution in [3.8, 4) is 55.9 Å². The van der Waals surface area contributed by atoms with E-state index in [-0.39, 0.29) is 0 Å². The van der Waals surface area contributed by atoms with Crippen LogP contribution < -0.4 is 22.5 Å². The average Bonchev–Trinajstić information content (AvgIpc) is 3.21. The molecule has 0 fully saturated rings. The van der Waals surface area contributed by atoms with Gasteiger partial charge >= 0.3 is 0 Å². The van der Waals surface area contributed by atoms with Crippen LogP contribution in [0.25, 0.3) is 67.5 Å². The molecule has 6 rings (SSSR count). The van der Waals surface area contributed by atoms with Crippen molar-refractivity contribution in [2.75, 3.05) is 18.5 Å². The zero-order chi connectivity index (χ0) is 38.0. The van der Waals surface area contributed by atoms with Crippen LogP contribution in [-0.4, -0.2) is 12.0 Å². The van der Waals surface area contributed by atoms with Gasteiger partial charge < -0.3 is 22.5 Å². The molecule has 1 aromatic heterocycles. The van der Waals surface area contributed by atoms with Crippen LogP contribution in [0.4, 0.5) is 11.4 Å². The fraction of sp³-hybridized carbons (Fsp3) is 0.0408. The van der Waals surface area contributed by atoms with Crippen molar-refractivity contribution in [3.05, 3.63) is 200 Å². The van der Waals surface area contributed by atoms with E-state index in [1.165, 1.54) is 0 Å². The summed E-state index contributed by atoms with van der Waals surface area (Å²) in [4.78, 5) is 5.26. The van der Waals surface area contributed by atoms with Gasteiger partial charge in [0.2, 0.25) is 0 Å². The summed E-state index contributed by atoms with van der Waals surface area (Å²) in [5.74, 6) is 0. The second-order valence-corrected chi connectivity index (χ2v) is 13.0. The molecule has 0 atom stereocenters. The highest BCUT2D eigenvalue weighted by atomic mass is 14.8. The third-order valence-electron chi connectivity index (χ3n) is 9.08. The molecular weight excluding hydrogens is 659 g/mol. The van der Waals surface area contributed by atoms with Crippen molar-refractivity contribution in [3.63, 3.8) is 0 Å². The Balaban J connectivity index is 1.43. The molecule has 0 unspecified atom stereocenters. The number of pyridine rings is 1. The molecule has 5 nitrogen and oxygen atoms in total. The third kappa shape index (κ3) is 9.02. The lowest BCUT2D eigenvalue weighted by molar-refractivity contribution is 1.04. The Hall–Kier alpha value is -7.11. The molecule has 1 heterocycles. The molecule has 0 aliphatic heterocycles. The number of nitrogen functional groups attached to an aromatic ring is 2. The summed E-state index contributed by atoms with van der Waals surface area (Å²) in [5, 5.41) is 3.08. The molecule has 54 heavy (non-hydrogen) atoms. The number of rotatable bonds is 12. The molecule has 0 bridgehead atoms. The summed E-state index contributed by atoms with van der Waals surface area (Å²) in [6, 6.07) is 43.5. The number of benzene rings is 5. The van der Waals surface area contributed by atoms with E-state index in [4.69, 9.17) is 22.2 Å². The van der Waals surface area contributed by atoms with Gasteiger partial charge in [-0.2, -0.15) is 0 Å². The van der Waals surface area contributed by atoms with Gasteiger partial charge in [0, 0.05) is 40.9 Å². The Morgan fingerprint density at radius 2 is 1.20 bits per heavy atom. The molecule has 0 saturated carbocycles.